The van der Waals surface area contributed by atoms with E-state index in [-0.39, 0.29) is 24.8 Å². The van der Waals surface area contributed by atoms with Gasteiger partial charge in [-0.15, -0.1) is 6.58 Å². The van der Waals surface area contributed by atoms with Gasteiger partial charge in [0.1, 0.15) is 5.54 Å². The Bertz CT molecular complexity index is 803. The molecule has 8 nitrogen and oxygen atoms in total. The molecule has 0 bridgehead atoms. The Labute approximate surface area is 127 Å². The van der Waals surface area contributed by atoms with Crippen molar-refractivity contribution in [1.82, 2.24) is 18.9 Å². The van der Waals surface area contributed by atoms with Crippen LogP contribution in [-0.2, 0) is 14.8 Å². The average molecular weight is 324 g/mol. The molecule has 3 heterocycles. The van der Waals surface area contributed by atoms with Gasteiger partial charge in [-0.2, -0.15) is 9.40 Å². The molecule has 1 aliphatic rings. The van der Waals surface area contributed by atoms with Crippen molar-refractivity contribution < 1.29 is 18.3 Å². The van der Waals surface area contributed by atoms with Crippen molar-refractivity contribution in [3.63, 3.8) is 0 Å². The molecule has 1 unspecified atom stereocenters. The number of hydrogen-bond donors (Lipinski definition) is 1. The van der Waals surface area contributed by atoms with Crippen molar-refractivity contribution in [2.24, 2.45) is 0 Å². The van der Waals surface area contributed by atoms with Crippen molar-refractivity contribution >= 4 is 15.7 Å². The van der Waals surface area contributed by atoms with E-state index in [4.69, 9.17) is 4.74 Å². The highest BCUT2D eigenvalue weighted by Crippen LogP contribution is 2.28. The fraction of sp³-hybridized carbons (Fsp3) is 0.385. The zero-order valence-corrected chi connectivity index (χ0v) is 12.6. The summed E-state index contributed by atoms with van der Waals surface area (Å²) in [5, 5.41) is 13.7. The third kappa shape index (κ3) is 2.13. The highest BCUT2D eigenvalue weighted by atomic mass is 32.2. The molecule has 0 aromatic carbocycles. The Morgan fingerprint density at radius 3 is 3.09 bits per heavy atom. The number of hydrogen-bond acceptors (Lipinski definition) is 6. The Morgan fingerprint density at radius 2 is 2.36 bits per heavy atom. The summed E-state index contributed by atoms with van der Waals surface area (Å²) in [6.45, 7) is 3.65. The topological polar surface area (TPSA) is 97.0 Å². The third-order valence-corrected chi connectivity index (χ3v) is 5.68. The van der Waals surface area contributed by atoms with Crippen molar-refractivity contribution in [1.29, 1.82) is 0 Å². The Hall–Kier alpha value is -1.81. The first-order valence-electron chi connectivity index (χ1n) is 6.69. The SMILES string of the molecule is C=CC1(CO)COCCN1S(=O)(=O)c1cnc2cccnn12. The van der Waals surface area contributed by atoms with Gasteiger partial charge in [-0.1, -0.05) is 6.08 Å². The minimum atomic E-state index is -3.92. The molecule has 0 radical (unpaired) electrons. The highest BCUT2D eigenvalue weighted by molar-refractivity contribution is 7.89. The van der Waals surface area contributed by atoms with Crippen LogP contribution in [0.25, 0.3) is 5.65 Å². The van der Waals surface area contributed by atoms with Crippen molar-refractivity contribution in [2.45, 2.75) is 10.6 Å². The van der Waals surface area contributed by atoms with Crippen molar-refractivity contribution in [2.75, 3.05) is 26.4 Å². The predicted molar refractivity (Wildman–Crippen MR) is 77.7 cm³/mol. The van der Waals surface area contributed by atoms with Crippen LogP contribution in [0.3, 0.4) is 0 Å². The zero-order valence-electron chi connectivity index (χ0n) is 11.8. The van der Waals surface area contributed by atoms with Crippen LogP contribution >= 0.6 is 0 Å². The molecule has 0 saturated carbocycles. The van der Waals surface area contributed by atoms with Crippen LogP contribution in [0.1, 0.15) is 0 Å². The monoisotopic (exact) mass is 324 g/mol. The number of aromatic nitrogens is 3. The maximum atomic E-state index is 13.0. The first kappa shape index (κ1) is 15.1. The summed E-state index contributed by atoms with van der Waals surface area (Å²) < 4.78 is 33.8. The van der Waals surface area contributed by atoms with E-state index >= 15 is 0 Å². The molecule has 22 heavy (non-hydrogen) atoms. The number of aliphatic hydroxyl groups excluding tert-OH is 1. The van der Waals surface area contributed by atoms with Crippen LogP contribution in [0.15, 0.2) is 42.2 Å². The number of morpholine rings is 1. The van der Waals surface area contributed by atoms with E-state index in [1.807, 2.05) is 0 Å². The van der Waals surface area contributed by atoms with E-state index in [0.717, 1.165) is 0 Å². The number of nitrogens with zero attached hydrogens (tertiary/aromatic N) is 4. The van der Waals surface area contributed by atoms with E-state index in [1.165, 1.54) is 27.3 Å². The number of sulfonamides is 1. The number of ether oxygens (including phenoxy) is 1. The second-order valence-electron chi connectivity index (χ2n) is 4.99. The molecule has 3 rings (SSSR count). The normalized spacial score (nSPS) is 23.7. The van der Waals surface area contributed by atoms with Crippen LogP contribution in [0.2, 0.25) is 0 Å². The quantitative estimate of drug-likeness (QED) is 0.773. The van der Waals surface area contributed by atoms with Crippen molar-refractivity contribution in [3.8, 4) is 0 Å². The van der Waals surface area contributed by atoms with Crippen molar-refractivity contribution in [3.05, 3.63) is 37.2 Å². The summed E-state index contributed by atoms with van der Waals surface area (Å²) in [6, 6.07) is 3.34. The smallest absolute Gasteiger partial charge is 0.263 e. The molecule has 2 aromatic rings. The second kappa shape index (κ2) is 5.43. The molecular weight excluding hydrogens is 308 g/mol. The molecule has 1 N–H and O–H groups in total. The second-order valence-corrected chi connectivity index (χ2v) is 6.79. The van der Waals surface area contributed by atoms with Gasteiger partial charge in [0.25, 0.3) is 10.0 Å². The minimum Gasteiger partial charge on any atom is -0.394 e. The van der Waals surface area contributed by atoms with Crippen LogP contribution < -0.4 is 0 Å². The standard InChI is InChI=1S/C13H16N4O4S/c1-2-13(9-18)10-21-7-6-16(13)22(19,20)12-8-14-11-4-3-5-15-17(11)12/h2-5,8,18H,1,6-7,9-10H2. The summed E-state index contributed by atoms with van der Waals surface area (Å²) in [5.41, 5.74) is -0.752. The van der Waals surface area contributed by atoms with Gasteiger partial charge in [-0.3, -0.25) is 0 Å². The number of imidazole rings is 1. The van der Waals surface area contributed by atoms with Gasteiger partial charge in [0.15, 0.2) is 10.7 Å². The van der Waals surface area contributed by atoms with Crippen LogP contribution in [0, 0.1) is 0 Å². The molecule has 0 amide bonds. The largest absolute Gasteiger partial charge is 0.394 e. The molecule has 1 saturated heterocycles. The van der Waals surface area contributed by atoms with Gasteiger partial charge in [0.05, 0.1) is 26.0 Å². The Kier molecular flexibility index (Phi) is 3.73. The Morgan fingerprint density at radius 1 is 1.55 bits per heavy atom. The molecule has 1 aliphatic heterocycles. The van der Waals surface area contributed by atoms with E-state index in [2.05, 4.69) is 16.7 Å². The van der Waals surface area contributed by atoms with Gasteiger partial charge in [-0.25, -0.2) is 17.9 Å². The summed E-state index contributed by atoms with van der Waals surface area (Å²) in [7, 11) is -3.92. The molecule has 9 heteroatoms. The summed E-state index contributed by atoms with van der Waals surface area (Å²) in [4.78, 5) is 4.05. The fourth-order valence-corrected chi connectivity index (χ4v) is 4.25. The zero-order chi connectivity index (χ0) is 15.8. The molecule has 0 spiro atoms. The Balaban J connectivity index is 2.14. The third-order valence-electron chi connectivity index (χ3n) is 3.74. The average Bonchev–Trinajstić information content (AvgIpc) is 2.99. The fourth-order valence-electron chi connectivity index (χ4n) is 2.50. The molecule has 118 valence electrons. The predicted octanol–water partition coefficient (Wildman–Crippen LogP) is -0.333. The lowest BCUT2D eigenvalue weighted by atomic mass is 10.0. The van der Waals surface area contributed by atoms with Gasteiger partial charge in [0, 0.05) is 12.7 Å². The molecule has 1 atom stereocenters. The first-order chi connectivity index (χ1) is 10.5. The maximum Gasteiger partial charge on any atom is 0.263 e. The number of aliphatic hydroxyl groups is 1. The number of rotatable bonds is 4. The van der Waals surface area contributed by atoms with E-state index in [9.17, 15) is 13.5 Å². The lowest BCUT2D eigenvalue weighted by Gasteiger charge is -2.42. The van der Waals surface area contributed by atoms with Gasteiger partial charge < -0.3 is 9.84 Å². The van der Waals surface area contributed by atoms with E-state index in [1.54, 1.807) is 12.1 Å². The van der Waals surface area contributed by atoms with Gasteiger partial charge in [0.2, 0.25) is 0 Å². The lowest BCUT2D eigenvalue weighted by molar-refractivity contribution is -0.0270. The lowest BCUT2D eigenvalue weighted by Crippen LogP contribution is -2.60. The number of fused-ring (bicyclic) bond motifs is 1. The van der Waals surface area contributed by atoms with Crippen LogP contribution in [0.4, 0.5) is 0 Å². The summed E-state index contributed by atoms with van der Waals surface area (Å²) in [6.07, 6.45) is 4.15. The first-order valence-corrected chi connectivity index (χ1v) is 8.13. The molecule has 0 aliphatic carbocycles. The van der Waals surface area contributed by atoms with Crippen LogP contribution in [-0.4, -0.2) is 64.3 Å². The van der Waals surface area contributed by atoms with Crippen LogP contribution in [0.5, 0.6) is 0 Å². The van der Waals surface area contributed by atoms with Gasteiger partial charge >= 0.3 is 0 Å². The summed E-state index contributed by atoms with van der Waals surface area (Å²) in [5.74, 6) is 0. The highest BCUT2D eigenvalue weighted by Gasteiger charge is 2.45. The maximum absolute atomic E-state index is 13.0. The van der Waals surface area contributed by atoms with Gasteiger partial charge in [-0.05, 0) is 12.1 Å². The molecule has 1 fully saturated rings. The molecule has 2 aromatic heterocycles. The molecular formula is C13H16N4O4S. The van der Waals surface area contributed by atoms with E-state index in [0.29, 0.717) is 5.65 Å². The minimum absolute atomic E-state index is 0.0512. The summed E-state index contributed by atoms with van der Waals surface area (Å²) >= 11 is 0. The van der Waals surface area contributed by atoms with E-state index < -0.39 is 22.2 Å².